The summed E-state index contributed by atoms with van der Waals surface area (Å²) in [6.07, 6.45) is 1.78. The molecule has 0 fully saturated rings. The van der Waals surface area contributed by atoms with Gasteiger partial charge in [0, 0.05) is 24.8 Å². The van der Waals surface area contributed by atoms with Crippen molar-refractivity contribution in [1.82, 2.24) is 10.3 Å². The molecule has 0 radical (unpaired) electrons. The molecule has 1 rings (SSSR count). The van der Waals surface area contributed by atoms with E-state index in [4.69, 9.17) is 10.9 Å². The van der Waals surface area contributed by atoms with Gasteiger partial charge in [-0.1, -0.05) is 0 Å². The number of carbonyl (C=O) groups is 1. The molecule has 0 aliphatic heterocycles. The largest absolute Gasteiger partial charge is 0.352 e. The number of rotatable bonds is 6. The number of nitrogens with zero attached hydrogens (tertiary/aromatic N) is 1. The number of sulfonamides is 1. The molecule has 0 saturated carbocycles. The minimum absolute atomic E-state index is 0.155. The predicted molar refractivity (Wildman–Crippen MR) is 67.1 cm³/mol. The van der Waals surface area contributed by atoms with E-state index in [1.54, 1.807) is 12.1 Å². The summed E-state index contributed by atoms with van der Waals surface area (Å²) in [6.45, 7) is 0.502. The van der Waals surface area contributed by atoms with Crippen LogP contribution in [0.25, 0.3) is 0 Å². The van der Waals surface area contributed by atoms with Gasteiger partial charge in [-0.2, -0.15) is 0 Å². The maximum atomic E-state index is 11.7. The van der Waals surface area contributed by atoms with E-state index in [9.17, 15) is 13.2 Å². The van der Waals surface area contributed by atoms with Gasteiger partial charge in [-0.3, -0.25) is 9.78 Å². The maximum Gasteiger partial charge on any atom is 0.251 e. The molecular weight excluding hydrogens is 256 g/mol. The number of pyridine rings is 1. The fourth-order valence-corrected chi connectivity index (χ4v) is 1.86. The van der Waals surface area contributed by atoms with Gasteiger partial charge in [-0.15, -0.1) is 0 Å². The number of hydrogen-bond donors (Lipinski definition) is 3. The molecule has 0 saturated heterocycles. The van der Waals surface area contributed by atoms with Gasteiger partial charge in [0.05, 0.1) is 11.4 Å². The summed E-state index contributed by atoms with van der Waals surface area (Å²) in [7, 11) is -3.48. The Morgan fingerprint density at radius 2 is 2.17 bits per heavy atom. The number of carbonyl (C=O) groups excluding carboxylic acids is 1. The fourth-order valence-electron chi connectivity index (χ4n) is 1.31. The lowest BCUT2D eigenvalue weighted by atomic mass is 10.2. The van der Waals surface area contributed by atoms with Crippen LogP contribution in [0.1, 0.15) is 22.5 Å². The van der Waals surface area contributed by atoms with E-state index in [0.29, 0.717) is 11.3 Å². The molecule has 1 aromatic heterocycles. The van der Waals surface area contributed by atoms with Crippen LogP contribution in [0.5, 0.6) is 0 Å². The smallest absolute Gasteiger partial charge is 0.251 e. The Labute approximate surface area is 106 Å². The van der Waals surface area contributed by atoms with Crippen molar-refractivity contribution in [1.29, 1.82) is 0 Å². The van der Waals surface area contributed by atoms with Crippen LogP contribution >= 0.6 is 0 Å². The fraction of sp³-hybridized carbons (Fsp3) is 0.400. The summed E-state index contributed by atoms with van der Waals surface area (Å²) in [5.74, 6) is -0.445. The maximum absolute atomic E-state index is 11.7. The van der Waals surface area contributed by atoms with Crippen LogP contribution in [0.4, 0.5) is 0 Å². The first-order chi connectivity index (χ1) is 8.42. The van der Waals surface area contributed by atoms with Crippen molar-refractivity contribution in [2.24, 2.45) is 10.9 Å². The lowest BCUT2D eigenvalue weighted by Gasteiger charge is -2.05. The molecule has 7 nitrogen and oxygen atoms in total. The van der Waals surface area contributed by atoms with Crippen LogP contribution in [0, 0.1) is 0 Å². The van der Waals surface area contributed by atoms with E-state index in [0.717, 1.165) is 0 Å². The van der Waals surface area contributed by atoms with E-state index < -0.39 is 10.0 Å². The van der Waals surface area contributed by atoms with E-state index >= 15 is 0 Å². The van der Waals surface area contributed by atoms with Gasteiger partial charge in [-0.05, 0) is 18.6 Å². The van der Waals surface area contributed by atoms with E-state index in [2.05, 4.69) is 10.3 Å². The molecule has 0 atom stereocenters. The number of primary sulfonamides is 1. The summed E-state index contributed by atoms with van der Waals surface area (Å²) in [4.78, 5) is 15.6. The molecule has 18 heavy (non-hydrogen) atoms. The molecule has 1 heterocycles. The minimum Gasteiger partial charge on any atom is -0.352 e. The SMILES string of the molecule is NCc1cc(C(=O)NCCCS(N)(=O)=O)ccn1. The van der Waals surface area contributed by atoms with Crippen molar-refractivity contribution in [2.75, 3.05) is 12.3 Å². The normalized spacial score (nSPS) is 11.2. The Hall–Kier alpha value is -1.51. The topological polar surface area (TPSA) is 128 Å². The van der Waals surface area contributed by atoms with Crippen LogP contribution in [0.3, 0.4) is 0 Å². The molecule has 1 amide bonds. The van der Waals surface area contributed by atoms with Gasteiger partial charge < -0.3 is 11.1 Å². The zero-order valence-corrected chi connectivity index (χ0v) is 10.6. The number of hydrogen-bond acceptors (Lipinski definition) is 5. The summed E-state index contributed by atoms with van der Waals surface area (Å²) >= 11 is 0. The molecular formula is C10H16N4O3S. The average Bonchev–Trinajstić information content (AvgIpc) is 2.33. The Morgan fingerprint density at radius 3 is 2.78 bits per heavy atom. The molecule has 0 aliphatic carbocycles. The van der Waals surface area contributed by atoms with Gasteiger partial charge in [0.15, 0.2) is 0 Å². The highest BCUT2D eigenvalue weighted by Gasteiger charge is 2.07. The summed E-state index contributed by atoms with van der Waals surface area (Å²) in [5.41, 5.74) is 6.48. The number of amides is 1. The first-order valence-electron chi connectivity index (χ1n) is 5.36. The lowest BCUT2D eigenvalue weighted by Crippen LogP contribution is -2.27. The second-order valence-corrected chi connectivity index (χ2v) is 5.45. The third-order valence-electron chi connectivity index (χ3n) is 2.18. The molecule has 0 spiro atoms. The van der Waals surface area contributed by atoms with Gasteiger partial charge in [0.25, 0.3) is 5.91 Å². The first kappa shape index (κ1) is 14.6. The average molecular weight is 272 g/mol. The van der Waals surface area contributed by atoms with E-state index in [1.807, 2.05) is 0 Å². The van der Waals surface area contributed by atoms with Crippen LogP contribution in [-0.4, -0.2) is 31.6 Å². The second kappa shape index (κ2) is 6.43. The van der Waals surface area contributed by atoms with Crippen molar-refractivity contribution in [3.63, 3.8) is 0 Å². The van der Waals surface area contributed by atoms with Crippen molar-refractivity contribution >= 4 is 15.9 Å². The molecule has 0 bridgehead atoms. The van der Waals surface area contributed by atoms with Crippen molar-refractivity contribution in [3.05, 3.63) is 29.6 Å². The Morgan fingerprint density at radius 1 is 1.44 bits per heavy atom. The van der Waals surface area contributed by atoms with Crippen molar-refractivity contribution in [3.8, 4) is 0 Å². The number of aromatic nitrogens is 1. The minimum atomic E-state index is -3.48. The highest BCUT2D eigenvalue weighted by molar-refractivity contribution is 7.89. The van der Waals surface area contributed by atoms with Crippen LogP contribution < -0.4 is 16.2 Å². The zero-order chi connectivity index (χ0) is 13.6. The molecule has 8 heteroatoms. The molecule has 0 aliphatic rings. The van der Waals surface area contributed by atoms with E-state index in [1.165, 1.54) is 6.20 Å². The van der Waals surface area contributed by atoms with Crippen LogP contribution in [-0.2, 0) is 16.6 Å². The standard InChI is InChI=1S/C10H16N4O3S/c11-7-9-6-8(2-4-13-9)10(15)14-3-1-5-18(12,16)17/h2,4,6H,1,3,5,7,11H2,(H,14,15)(H2,12,16,17). The Kier molecular flexibility index (Phi) is 5.20. The zero-order valence-electron chi connectivity index (χ0n) is 9.80. The predicted octanol–water partition coefficient (Wildman–Crippen LogP) is -1.05. The third-order valence-corrected chi connectivity index (χ3v) is 3.04. The highest BCUT2D eigenvalue weighted by atomic mass is 32.2. The first-order valence-corrected chi connectivity index (χ1v) is 7.07. The van der Waals surface area contributed by atoms with Gasteiger partial charge in [-0.25, -0.2) is 13.6 Å². The number of nitrogens with one attached hydrogen (secondary N) is 1. The van der Waals surface area contributed by atoms with Crippen molar-refractivity contribution in [2.45, 2.75) is 13.0 Å². The third kappa shape index (κ3) is 5.21. The Bertz CT molecular complexity index is 516. The quantitative estimate of drug-likeness (QED) is 0.569. The lowest BCUT2D eigenvalue weighted by molar-refractivity contribution is 0.0953. The van der Waals surface area contributed by atoms with Gasteiger partial charge in [0.1, 0.15) is 0 Å². The highest BCUT2D eigenvalue weighted by Crippen LogP contribution is 2.01. The second-order valence-electron chi connectivity index (χ2n) is 3.72. The number of nitrogens with two attached hydrogens (primary N) is 2. The monoisotopic (exact) mass is 272 g/mol. The molecule has 0 unspecified atom stereocenters. The summed E-state index contributed by atoms with van der Waals surface area (Å²) in [6, 6.07) is 3.16. The molecule has 5 N–H and O–H groups in total. The van der Waals surface area contributed by atoms with E-state index in [-0.39, 0.29) is 31.2 Å². The van der Waals surface area contributed by atoms with Crippen LogP contribution in [0.15, 0.2) is 18.3 Å². The molecule has 100 valence electrons. The molecule has 0 aromatic carbocycles. The van der Waals surface area contributed by atoms with Gasteiger partial charge in [0.2, 0.25) is 10.0 Å². The summed E-state index contributed by atoms with van der Waals surface area (Å²) in [5, 5.41) is 7.43. The van der Waals surface area contributed by atoms with Crippen LogP contribution in [0.2, 0.25) is 0 Å². The molecule has 1 aromatic rings. The summed E-state index contributed by atoms with van der Waals surface area (Å²) < 4.78 is 21.3. The van der Waals surface area contributed by atoms with Crippen molar-refractivity contribution < 1.29 is 13.2 Å². The Balaban J connectivity index is 2.45. The van der Waals surface area contributed by atoms with Gasteiger partial charge >= 0.3 is 0 Å².